The van der Waals surface area contributed by atoms with Crippen molar-refractivity contribution < 1.29 is 4.90 Å². The Balaban J connectivity index is 1.86. The lowest BCUT2D eigenvalue weighted by molar-refractivity contribution is -0.898. The fourth-order valence-corrected chi connectivity index (χ4v) is 4.04. The average molecular weight is 363 g/mol. The molecule has 3 aromatic rings. The van der Waals surface area contributed by atoms with Gasteiger partial charge in [-0.2, -0.15) is 9.61 Å². The summed E-state index contributed by atoms with van der Waals surface area (Å²) >= 11 is 0. The first-order valence-corrected chi connectivity index (χ1v) is 9.85. The number of quaternary nitrogens is 1. The maximum absolute atomic E-state index is 4.94. The van der Waals surface area contributed by atoms with Gasteiger partial charge in [-0.05, 0) is 25.8 Å². The van der Waals surface area contributed by atoms with Crippen LogP contribution in [-0.2, 0) is 6.42 Å². The Morgan fingerprint density at radius 2 is 1.93 bits per heavy atom. The van der Waals surface area contributed by atoms with Gasteiger partial charge in [0.2, 0.25) is 0 Å². The fraction of sp³-hybridized carbons (Fsp3) is 0.364. The van der Waals surface area contributed by atoms with Crippen LogP contribution in [0.3, 0.4) is 0 Å². The third-order valence-electron chi connectivity index (χ3n) is 5.63. The molecule has 2 aromatic heterocycles. The van der Waals surface area contributed by atoms with E-state index in [4.69, 9.17) is 10.1 Å². The summed E-state index contributed by atoms with van der Waals surface area (Å²) in [5.41, 5.74) is 5.48. The Labute approximate surface area is 160 Å². The van der Waals surface area contributed by atoms with Crippen LogP contribution in [0.2, 0.25) is 0 Å². The monoisotopic (exact) mass is 362 g/mol. The van der Waals surface area contributed by atoms with Gasteiger partial charge >= 0.3 is 0 Å². The van der Waals surface area contributed by atoms with Gasteiger partial charge in [-0.25, -0.2) is 4.98 Å². The number of aryl methyl sites for hydroxylation is 1. The number of fused-ring (bicyclic) bond motifs is 1. The van der Waals surface area contributed by atoms with Crippen molar-refractivity contribution in [1.82, 2.24) is 14.6 Å². The van der Waals surface area contributed by atoms with Crippen LogP contribution in [0.15, 0.2) is 49.2 Å². The van der Waals surface area contributed by atoms with Crippen LogP contribution in [0, 0.1) is 6.92 Å². The smallest absolute Gasteiger partial charge is 0.165 e. The number of nitrogens with one attached hydrogen (secondary N) is 1. The van der Waals surface area contributed by atoms with Crippen molar-refractivity contribution in [3.05, 3.63) is 60.4 Å². The summed E-state index contributed by atoms with van der Waals surface area (Å²) in [6, 6.07) is 10.4. The minimum absolute atomic E-state index is 0.811. The van der Waals surface area contributed by atoms with Crippen molar-refractivity contribution in [1.29, 1.82) is 0 Å². The quantitative estimate of drug-likeness (QED) is 0.707. The Kier molecular flexibility index (Phi) is 4.94. The van der Waals surface area contributed by atoms with Crippen LogP contribution in [0.25, 0.3) is 16.8 Å². The number of piperazine rings is 1. The van der Waals surface area contributed by atoms with E-state index in [1.807, 2.05) is 22.9 Å². The largest absolute Gasteiger partial charge is 0.345 e. The zero-order chi connectivity index (χ0) is 18.8. The SMILES string of the molecule is C=CCc1c(C)nc2c(-c3ccccc3)cnn2c1N1CC[NH+](CC)CC1. The first-order chi connectivity index (χ1) is 13.2. The van der Waals surface area contributed by atoms with E-state index < -0.39 is 0 Å². The highest BCUT2D eigenvalue weighted by Crippen LogP contribution is 2.30. The molecule has 0 bridgehead atoms. The van der Waals surface area contributed by atoms with Crippen LogP contribution in [0.1, 0.15) is 18.2 Å². The van der Waals surface area contributed by atoms with Gasteiger partial charge in [0.25, 0.3) is 0 Å². The Hall–Kier alpha value is -2.66. The molecule has 0 unspecified atom stereocenters. The Morgan fingerprint density at radius 1 is 1.19 bits per heavy atom. The number of allylic oxidation sites excluding steroid dienone is 1. The van der Waals surface area contributed by atoms with E-state index in [0.717, 1.165) is 42.0 Å². The number of anilines is 1. The third kappa shape index (κ3) is 3.23. The second-order valence-electron chi connectivity index (χ2n) is 7.24. The Morgan fingerprint density at radius 3 is 2.59 bits per heavy atom. The van der Waals surface area contributed by atoms with Gasteiger partial charge in [0, 0.05) is 16.8 Å². The molecule has 1 saturated heterocycles. The predicted octanol–water partition coefficient (Wildman–Crippen LogP) is 2.16. The van der Waals surface area contributed by atoms with Gasteiger partial charge in [-0.15, -0.1) is 6.58 Å². The normalized spacial score (nSPS) is 15.4. The van der Waals surface area contributed by atoms with E-state index in [9.17, 15) is 0 Å². The number of benzene rings is 1. The molecule has 0 saturated carbocycles. The molecule has 0 spiro atoms. The molecule has 140 valence electrons. The average Bonchev–Trinajstić information content (AvgIpc) is 3.12. The predicted molar refractivity (Wildman–Crippen MR) is 111 cm³/mol. The van der Waals surface area contributed by atoms with E-state index in [1.165, 1.54) is 31.0 Å². The first kappa shape index (κ1) is 17.7. The summed E-state index contributed by atoms with van der Waals surface area (Å²) in [6.07, 6.45) is 4.73. The molecule has 5 heteroatoms. The molecule has 27 heavy (non-hydrogen) atoms. The molecular weight excluding hydrogens is 334 g/mol. The number of likely N-dealkylation sites (N-methyl/N-ethyl adjacent to an activating group) is 1. The van der Waals surface area contributed by atoms with Gasteiger partial charge < -0.3 is 9.80 Å². The molecular formula is C22H28N5+. The summed E-state index contributed by atoms with van der Waals surface area (Å²) in [5.74, 6) is 1.19. The second kappa shape index (κ2) is 7.53. The van der Waals surface area contributed by atoms with Crippen molar-refractivity contribution >= 4 is 11.5 Å². The molecule has 4 rings (SSSR count). The topological polar surface area (TPSA) is 37.9 Å². The number of hydrogen-bond donors (Lipinski definition) is 1. The molecule has 0 radical (unpaired) electrons. The standard InChI is InChI=1S/C22H27N5/c1-4-9-19-17(3)24-21-20(18-10-7-6-8-11-18)16-23-27(21)22(19)26-14-12-25(5-2)13-15-26/h4,6-8,10-11,16H,1,5,9,12-15H2,2-3H3/p+1. The van der Waals surface area contributed by atoms with E-state index >= 15 is 0 Å². The molecule has 1 fully saturated rings. The van der Waals surface area contributed by atoms with Gasteiger partial charge in [-0.1, -0.05) is 36.4 Å². The zero-order valence-corrected chi connectivity index (χ0v) is 16.3. The lowest BCUT2D eigenvalue weighted by Gasteiger charge is -2.34. The molecule has 0 atom stereocenters. The van der Waals surface area contributed by atoms with Crippen LogP contribution >= 0.6 is 0 Å². The fourth-order valence-electron chi connectivity index (χ4n) is 4.04. The summed E-state index contributed by atoms with van der Waals surface area (Å²) in [5, 5.41) is 4.76. The van der Waals surface area contributed by atoms with Gasteiger partial charge in [0.15, 0.2) is 5.65 Å². The summed E-state index contributed by atoms with van der Waals surface area (Å²) in [7, 11) is 0. The number of hydrogen-bond acceptors (Lipinski definition) is 3. The molecule has 1 aliphatic heterocycles. The summed E-state index contributed by atoms with van der Waals surface area (Å²) in [6.45, 7) is 14.0. The first-order valence-electron chi connectivity index (χ1n) is 9.85. The highest BCUT2D eigenvalue weighted by molar-refractivity contribution is 5.79. The maximum Gasteiger partial charge on any atom is 0.165 e. The lowest BCUT2D eigenvalue weighted by atomic mass is 10.1. The van der Waals surface area contributed by atoms with E-state index in [0.29, 0.717) is 0 Å². The van der Waals surface area contributed by atoms with Gasteiger partial charge in [-0.3, -0.25) is 0 Å². The molecule has 1 aliphatic rings. The van der Waals surface area contributed by atoms with E-state index in [1.54, 1.807) is 4.90 Å². The summed E-state index contributed by atoms with van der Waals surface area (Å²) < 4.78 is 2.05. The molecule has 5 nitrogen and oxygen atoms in total. The minimum Gasteiger partial charge on any atom is -0.345 e. The molecule has 0 aliphatic carbocycles. The third-order valence-corrected chi connectivity index (χ3v) is 5.63. The number of rotatable bonds is 5. The lowest BCUT2D eigenvalue weighted by Crippen LogP contribution is -3.14. The van der Waals surface area contributed by atoms with Crippen LogP contribution in [-0.4, -0.2) is 47.3 Å². The van der Waals surface area contributed by atoms with Crippen molar-refractivity contribution in [3.63, 3.8) is 0 Å². The highest BCUT2D eigenvalue weighted by Gasteiger charge is 2.25. The van der Waals surface area contributed by atoms with E-state index in [-0.39, 0.29) is 0 Å². The van der Waals surface area contributed by atoms with Gasteiger partial charge in [0.1, 0.15) is 5.82 Å². The zero-order valence-electron chi connectivity index (χ0n) is 16.3. The second-order valence-corrected chi connectivity index (χ2v) is 7.24. The van der Waals surface area contributed by atoms with Crippen molar-refractivity contribution in [3.8, 4) is 11.1 Å². The van der Waals surface area contributed by atoms with Crippen molar-refractivity contribution in [2.24, 2.45) is 0 Å². The van der Waals surface area contributed by atoms with Crippen LogP contribution in [0.5, 0.6) is 0 Å². The number of aromatic nitrogens is 3. The molecule has 1 aromatic carbocycles. The van der Waals surface area contributed by atoms with Gasteiger partial charge in [0.05, 0.1) is 38.9 Å². The molecule has 1 N–H and O–H groups in total. The van der Waals surface area contributed by atoms with Crippen LogP contribution in [0.4, 0.5) is 5.82 Å². The van der Waals surface area contributed by atoms with Crippen molar-refractivity contribution in [2.75, 3.05) is 37.6 Å². The molecule has 3 heterocycles. The minimum atomic E-state index is 0.811. The van der Waals surface area contributed by atoms with Crippen molar-refractivity contribution in [2.45, 2.75) is 20.3 Å². The maximum atomic E-state index is 4.94. The van der Waals surface area contributed by atoms with Crippen LogP contribution < -0.4 is 9.80 Å². The molecule has 0 amide bonds. The number of nitrogens with zero attached hydrogens (tertiary/aromatic N) is 4. The summed E-state index contributed by atoms with van der Waals surface area (Å²) in [4.78, 5) is 9.10. The van der Waals surface area contributed by atoms with E-state index in [2.05, 4.69) is 49.6 Å². The highest BCUT2D eigenvalue weighted by atomic mass is 15.4. The Bertz CT molecular complexity index is 936.